The number of fused-ring (bicyclic) bond motifs is 3. The summed E-state index contributed by atoms with van der Waals surface area (Å²) in [6.07, 6.45) is 2.45. The Morgan fingerprint density at radius 1 is 1.08 bits per heavy atom. The molecule has 0 unspecified atom stereocenters. The van der Waals surface area contributed by atoms with Crippen molar-refractivity contribution in [3.05, 3.63) is 59.7 Å². The van der Waals surface area contributed by atoms with Gasteiger partial charge in [-0.1, -0.05) is 48.5 Å². The van der Waals surface area contributed by atoms with Crippen molar-refractivity contribution in [2.24, 2.45) is 5.92 Å². The van der Waals surface area contributed by atoms with Crippen LogP contribution >= 0.6 is 0 Å². The summed E-state index contributed by atoms with van der Waals surface area (Å²) < 4.78 is 5.56. The van der Waals surface area contributed by atoms with E-state index in [4.69, 9.17) is 9.84 Å². The SMILES string of the molecule is O=C(N[C@H](CCO)C1CC1)OCC1c2ccccc2-c2ccccc21. The molecule has 0 aromatic heterocycles. The van der Waals surface area contributed by atoms with Gasteiger partial charge in [-0.3, -0.25) is 0 Å². The molecule has 2 N–H and O–H groups in total. The van der Waals surface area contributed by atoms with Crippen molar-refractivity contribution in [3.8, 4) is 11.1 Å². The normalized spacial score (nSPS) is 16.8. The highest BCUT2D eigenvalue weighted by Gasteiger charge is 2.33. The number of carbonyl (C=O) groups is 1. The average molecular weight is 337 g/mol. The molecule has 1 fully saturated rings. The zero-order valence-corrected chi connectivity index (χ0v) is 14.2. The lowest BCUT2D eigenvalue weighted by Crippen LogP contribution is -2.38. The molecule has 4 rings (SSSR count). The molecular formula is C21H23NO3. The van der Waals surface area contributed by atoms with Gasteiger partial charge in [0.05, 0.1) is 0 Å². The highest BCUT2D eigenvalue weighted by Crippen LogP contribution is 2.44. The Balaban J connectivity index is 1.45. The Hall–Kier alpha value is -2.33. The summed E-state index contributed by atoms with van der Waals surface area (Å²) in [4.78, 5) is 12.2. The fourth-order valence-electron chi connectivity index (χ4n) is 3.85. The van der Waals surface area contributed by atoms with Crippen LogP contribution in [-0.4, -0.2) is 30.5 Å². The fourth-order valence-corrected chi connectivity index (χ4v) is 3.85. The van der Waals surface area contributed by atoms with Gasteiger partial charge in [-0.05, 0) is 47.4 Å². The largest absolute Gasteiger partial charge is 0.449 e. The first-order valence-electron chi connectivity index (χ1n) is 9.00. The average Bonchev–Trinajstić information content (AvgIpc) is 3.43. The summed E-state index contributed by atoms with van der Waals surface area (Å²) in [6.45, 7) is 0.418. The van der Waals surface area contributed by atoms with E-state index in [0.717, 1.165) is 12.8 Å². The van der Waals surface area contributed by atoms with Gasteiger partial charge in [-0.25, -0.2) is 4.79 Å². The maximum atomic E-state index is 12.2. The monoisotopic (exact) mass is 337 g/mol. The Morgan fingerprint density at radius 2 is 1.68 bits per heavy atom. The summed E-state index contributed by atoms with van der Waals surface area (Å²) in [6, 6.07) is 16.6. The number of carbonyl (C=O) groups excluding carboxylic acids is 1. The van der Waals surface area contributed by atoms with Crippen molar-refractivity contribution in [1.82, 2.24) is 5.32 Å². The molecule has 0 aliphatic heterocycles. The van der Waals surface area contributed by atoms with Gasteiger partial charge in [0.2, 0.25) is 0 Å². The maximum absolute atomic E-state index is 12.2. The van der Waals surface area contributed by atoms with Gasteiger partial charge >= 0.3 is 6.09 Å². The molecule has 25 heavy (non-hydrogen) atoms. The number of ether oxygens (including phenoxy) is 1. The highest BCUT2D eigenvalue weighted by molar-refractivity contribution is 5.79. The molecule has 0 saturated heterocycles. The molecule has 0 bridgehead atoms. The Morgan fingerprint density at radius 3 is 2.24 bits per heavy atom. The van der Waals surface area contributed by atoms with Crippen LogP contribution in [0.3, 0.4) is 0 Å². The van der Waals surface area contributed by atoms with Gasteiger partial charge in [-0.2, -0.15) is 0 Å². The molecule has 2 aliphatic rings. The Labute approximate surface area is 147 Å². The first-order chi connectivity index (χ1) is 12.3. The van der Waals surface area contributed by atoms with E-state index < -0.39 is 0 Å². The molecule has 1 saturated carbocycles. The maximum Gasteiger partial charge on any atom is 0.407 e. The summed E-state index contributed by atoms with van der Waals surface area (Å²) >= 11 is 0. The number of rotatable bonds is 6. The molecule has 1 amide bonds. The van der Waals surface area contributed by atoms with Gasteiger partial charge in [0.25, 0.3) is 0 Å². The molecule has 130 valence electrons. The van der Waals surface area contributed by atoms with E-state index in [2.05, 4.69) is 29.6 Å². The molecule has 1 atom stereocenters. The second-order valence-electron chi connectivity index (χ2n) is 6.93. The van der Waals surface area contributed by atoms with E-state index in [1.165, 1.54) is 22.3 Å². The van der Waals surface area contributed by atoms with Crippen molar-refractivity contribution in [3.63, 3.8) is 0 Å². The van der Waals surface area contributed by atoms with Crippen LogP contribution in [0.1, 0.15) is 36.3 Å². The van der Waals surface area contributed by atoms with Crippen molar-refractivity contribution in [2.45, 2.75) is 31.2 Å². The van der Waals surface area contributed by atoms with Crippen LogP contribution in [0, 0.1) is 5.92 Å². The molecule has 4 heteroatoms. The number of alkyl carbamates (subject to hydrolysis) is 1. The minimum absolute atomic E-state index is 0.0284. The molecule has 2 aromatic rings. The van der Waals surface area contributed by atoms with Gasteiger partial charge < -0.3 is 15.2 Å². The van der Waals surface area contributed by atoms with E-state index in [0.29, 0.717) is 18.9 Å². The predicted molar refractivity (Wildman–Crippen MR) is 96.4 cm³/mol. The minimum Gasteiger partial charge on any atom is -0.449 e. The first-order valence-corrected chi connectivity index (χ1v) is 9.00. The molecule has 0 spiro atoms. The number of aliphatic hydroxyl groups is 1. The molecule has 0 radical (unpaired) electrons. The van der Waals surface area contributed by atoms with Crippen LogP contribution in [0.2, 0.25) is 0 Å². The first kappa shape index (κ1) is 16.2. The van der Waals surface area contributed by atoms with Crippen molar-refractivity contribution in [1.29, 1.82) is 0 Å². The second-order valence-corrected chi connectivity index (χ2v) is 6.93. The summed E-state index contributed by atoms with van der Waals surface area (Å²) in [7, 11) is 0. The number of nitrogens with one attached hydrogen (secondary N) is 1. The van der Waals surface area contributed by atoms with Crippen LogP contribution in [0.25, 0.3) is 11.1 Å². The number of benzene rings is 2. The number of hydrogen-bond donors (Lipinski definition) is 2. The topological polar surface area (TPSA) is 58.6 Å². The summed E-state index contributed by atoms with van der Waals surface area (Å²) in [5.41, 5.74) is 4.88. The zero-order chi connectivity index (χ0) is 17.2. The zero-order valence-electron chi connectivity index (χ0n) is 14.2. The quantitative estimate of drug-likeness (QED) is 0.845. The van der Waals surface area contributed by atoms with Crippen LogP contribution in [-0.2, 0) is 4.74 Å². The molecule has 2 aromatic carbocycles. The van der Waals surface area contributed by atoms with Crippen LogP contribution in [0.15, 0.2) is 48.5 Å². The smallest absolute Gasteiger partial charge is 0.407 e. The van der Waals surface area contributed by atoms with Crippen LogP contribution in [0.5, 0.6) is 0 Å². The summed E-state index contributed by atoms with van der Waals surface area (Å²) in [5, 5.41) is 12.1. The summed E-state index contributed by atoms with van der Waals surface area (Å²) in [5.74, 6) is 0.572. The molecular weight excluding hydrogens is 314 g/mol. The van der Waals surface area contributed by atoms with Crippen LogP contribution in [0.4, 0.5) is 4.79 Å². The van der Waals surface area contributed by atoms with Crippen molar-refractivity contribution in [2.75, 3.05) is 13.2 Å². The highest BCUT2D eigenvalue weighted by atomic mass is 16.5. The van der Waals surface area contributed by atoms with Gasteiger partial charge in [0.15, 0.2) is 0 Å². The van der Waals surface area contributed by atoms with Gasteiger partial charge in [-0.15, -0.1) is 0 Å². The van der Waals surface area contributed by atoms with Crippen molar-refractivity contribution >= 4 is 6.09 Å². The van der Waals surface area contributed by atoms with E-state index in [-0.39, 0.29) is 24.7 Å². The van der Waals surface area contributed by atoms with E-state index in [1.54, 1.807) is 0 Å². The third-order valence-corrected chi connectivity index (χ3v) is 5.28. The van der Waals surface area contributed by atoms with Crippen molar-refractivity contribution < 1.29 is 14.6 Å². The number of hydrogen-bond acceptors (Lipinski definition) is 3. The van der Waals surface area contributed by atoms with E-state index >= 15 is 0 Å². The lowest BCUT2D eigenvalue weighted by Gasteiger charge is -2.19. The Bertz CT molecular complexity index is 724. The molecule has 2 aliphatic carbocycles. The third kappa shape index (κ3) is 3.27. The lowest BCUT2D eigenvalue weighted by atomic mass is 9.98. The third-order valence-electron chi connectivity index (χ3n) is 5.28. The number of aliphatic hydroxyl groups excluding tert-OH is 1. The van der Waals surface area contributed by atoms with Gasteiger partial charge in [0.1, 0.15) is 6.61 Å². The van der Waals surface area contributed by atoms with Crippen LogP contribution < -0.4 is 5.32 Å². The second kappa shape index (κ2) is 6.89. The molecule has 4 nitrogen and oxygen atoms in total. The fraction of sp³-hybridized carbons (Fsp3) is 0.381. The van der Waals surface area contributed by atoms with E-state index in [9.17, 15) is 4.79 Å². The standard InChI is InChI=1S/C21H23NO3/c23-12-11-20(14-9-10-14)22-21(24)25-13-19-17-7-3-1-5-15(17)16-6-2-4-8-18(16)19/h1-8,14,19-20,23H,9-13H2,(H,22,24)/t20-/m1/s1. The predicted octanol–water partition coefficient (Wildman–Crippen LogP) is 3.69. The Kier molecular flexibility index (Phi) is 4.45. The van der Waals surface area contributed by atoms with Gasteiger partial charge in [0, 0.05) is 18.6 Å². The lowest BCUT2D eigenvalue weighted by molar-refractivity contribution is 0.135. The minimum atomic E-state index is -0.382. The number of amides is 1. The molecule has 0 heterocycles. The van der Waals surface area contributed by atoms with E-state index in [1.807, 2.05) is 24.3 Å².